The Balaban J connectivity index is 1.72. The molecule has 2 atom stereocenters. The number of para-hydroxylation sites is 1. The lowest BCUT2D eigenvalue weighted by Gasteiger charge is -2.52. The highest BCUT2D eigenvalue weighted by atomic mass is 79.9. The van der Waals surface area contributed by atoms with Gasteiger partial charge in [-0.2, -0.15) is 0 Å². The maximum absolute atomic E-state index is 12.7. The number of β-lactam (4-membered cyclic amide) rings is 1. The maximum atomic E-state index is 12.7. The first-order valence-electron chi connectivity index (χ1n) is 8.83. The van der Waals surface area contributed by atoms with Crippen LogP contribution in [0.25, 0.3) is 6.08 Å². The second-order valence-corrected chi connectivity index (χ2v) is 7.78. The van der Waals surface area contributed by atoms with E-state index in [9.17, 15) is 4.79 Å². The molecule has 1 fully saturated rings. The van der Waals surface area contributed by atoms with Gasteiger partial charge in [0.1, 0.15) is 5.75 Å². The summed E-state index contributed by atoms with van der Waals surface area (Å²) in [6, 6.07) is 19.7. The Bertz CT molecular complexity index is 758. The van der Waals surface area contributed by atoms with Gasteiger partial charge in [-0.25, -0.2) is 0 Å². The Hall–Kier alpha value is -2.07. The van der Waals surface area contributed by atoms with Crippen LogP contribution in [0, 0.1) is 5.41 Å². The highest BCUT2D eigenvalue weighted by Crippen LogP contribution is 2.38. The van der Waals surface area contributed by atoms with E-state index in [1.807, 2.05) is 59.5 Å². The topological polar surface area (TPSA) is 29.5 Å². The summed E-state index contributed by atoms with van der Waals surface area (Å²) >= 11 is 3.60. The van der Waals surface area contributed by atoms with Crippen LogP contribution in [0.3, 0.4) is 0 Å². The Morgan fingerprint density at radius 2 is 1.69 bits per heavy atom. The van der Waals surface area contributed by atoms with Crippen LogP contribution in [-0.4, -0.2) is 34.8 Å². The largest absolute Gasteiger partial charge is 0.478 e. The quantitative estimate of drug-likeness (QED) is 0.482. The summed E-state index contributed by atoms with van der Waals surface area (Å²) in [7, 11) is 0. The summed E-state index contributed by atoms with van der Waals surface area (Å²) in [4.78, 5) is 14.6. The number of benzene rings is 2. The minimum Gasteiger partial charge on any atom is -0.478 e. The molecule has 3 rings (SSSR count). The number of halogens is 1. The van der Waals surface area contributed by atoms with Crippen LogP contribution in [0.5, 0.6) is 5.75 Å². The van der Waals surface area contributed by atoms with Crippen molar-refractivity contribution in [2.45, 2.75) is 26.0 Å². The second kappa shape index (κ2) is 8.09. The molecule has 1 aliphatic heterocycles. The monoisotopic (exact) mass is 413 g/mol. The number of nitrogens with zero attached hydrogens (tertiary/aromatic N) is 1. The molecule has 0 radical (unpaired) electrons. The molecule has 136 valence electrons. The lowest BCUT2D eigenvalue weighted by molar-refractivity contribution is -0.170. The SMILES string of the molecule is CC(C)(CBr)[C@@H]1[C@H](Oc2ccccc2)C(=O)N1C/C=C/c1ccccc1. The maximum Gasteiger partial charge on any atom is 0.266 e. The number of amides is 1. The molecular formula is C22H24BrNO2. The van der Waals surface area contributed by atoms with Gasteiger partial charge in [0.05, 0.1) is 6.04 Å². The lowest BCUT2D eigenvalue weighted by Crippen LogP contribution is -2.71. The van der Waals surface area contributed by atoms with Gasteiger partial charge in [-0.15, -0.1) is 0 Å². The Labute approximate surface area is 163 Å². The number of carbonyl (C=O) groups excluding carboxylic acids is 1. The van der Waals surface area contributed by atoms with E-state index in [0.29, 0.717) is 6.54 Å². The Morgan fingerprint density at radius 1 is 1.08 bits per heavy atom. The van der Waals surface area contributed by atoms with E-state index < -0.39 is 6.10 Å². The minimum atomic E-state index is -0.435. The molecule has 0 aromatic heterocycles. The lowest BCUT2D eigenvalue weighted by atomic mass is 9.76. The summed E-state index contributed by atoms with van der Waals surface area (Å²) in [5, 5.41) is 0.797. The molecular weight excluding hydrogens is 390 g/mol. The average molecular weight is 414 g/mol. The Morgan fingerprint density at radius 3 is 2.31 bits per heavy atom. The average Bonchev–Trinajstić information content (AvgIpc) is 2.67. The third kappa shape index (κ3) is 4.01. The second-order valence-electron chi connectivity index (χ2n) is 7.22. The van der Waals surface area contributed by atoms with Gasteiger partial charge >= 0.3 is 0 Å². The van der Waals surface area contributed by atoms with Crippen molar-refractivity contribution in [1.82, 2.24) is 4.90 Å². The standard InChI is InChI=1S/C22H24BrNO2/c1-22(2,16-23)20-19(26-18-13-7-4-8-14-18)21(25)24(20)15-9-12-17-10-5-3-6-11-17/h3-14,19-20H,15-16H2,1-2H3/b12-9+/t19-,20-/m0/s1. The number of hydrogen-bond acceptors (Lipinski definition) is 2. The van der Waals surface area contributed by atoms with Gasteiger partial charge in [0.15, 0.2) is 6.10 Å². The van der Waals surface area contributed by atoms with Crippen LogP contribution < -0.4 is 4.74 Å². The zero-order valence-corrected chi connectivity index (χ0v) is 16.7. The number of likely N-dealkylation sites (tertiary alicyclic amines) is 1. The van der Waals surface area contributed by atoms with Crippen molar-refractivity contribution in [3.8, 4) is 5.75 Å². The van der Waals surface area contributed by atoms with Crippen LogP contribution in [0.1, 0.15) is 19.4 Å². The molecule has 0 spiro atoms. The molecule has 1 saturated heterocycles. The fourth-order valence-electron chi connectivity index (χ4n) is 3.26. The van der Waals surface area contributed by atoms with Crippen LogP contribution in [0.4, 0.5) is 0 Å². The zero-order chi connectivity index (χ0) is 18.6. The summed E-state index contributed by atoms with van der Waals surface area (Å²) in [6.07, 6.45) is 3.66. The smallest absolute Gasteiger partial charge is 0.266 e. The highest BCUT2D eigenvalue weighted by Gasteiger charge is 2.55. The molecule has 0 aliphatic carbocycles. The van der Waals surface area contributed by atoms with Gasteiger partial charge in [0.25, 0.3) is 5.91 Å². The van der Waals surface area contributed by atoms with E-state index in [1.54, 1.807) is 0 Å². The molecule has 0 N–H and O–H groups in total. The molecule has 0 unspecified atom stereocenters. The molecule has 0 saturated carbocycles. The number of rotatable bonds is 7. The number of ether oxygens (including phenoxy) is 1. The number of alkyl halides is 1. The van der Waals surface area contributed by atoms with Crippen molar-refractivity contribution in [2.24, 2.45) is 5.41 Å². The van der Waals surface area contributed by atoms with Crippen molar-refractivity contribution in [3.05, 3.63) is 72.3 Å². The third-order valence-electron chi connectivity index (χ3n) is 4.71. The molecule has 0 bridgehead atoms. The molecule has 1 amide bonds. The van der Waals surface area contributed by atoms with Crippen molar-refractivity contribution >= 4 is 27.9 Å². The summed E-state index contributed by atoms with van der Waals surface area (Å²) in [5.41, 5.74) is 1.04. The zero-order valence-electron chi connectivity index (χ0n) is 15.1. The predicted molar refractivity (Wildman–Crippen MR) is 109 cm³/mol. The van der Waals surface area contributed by atoms with Gasteiger partial charge in [0, 0.05) is 11.9 Å². The Kier molecular flexibility index (Phi) is 5.82. The van der Waals surface area contributed by atoms with Crippen LogP contribution in [-0.2, 0) is 4.79 Å². The molecule has 2 aromatic carbocycles. The van der Waals surface area contributed by atoms with Crippen LogP contribution in [0.2, 0.25) is 0 Å². The fraction of sp³-hybridized carbons (Fsp3) is 0.318. The van der Waals surface area contributed by atoms with Crippen LogP contribution in [0.15, 0.2) is 66.7 Å². The van der Waals surface area contributed by atoms with Gasteiger partial charge in [0.2, 0.25) is 0 Å². The van der Waals surface area contributed by atoms with Crippen molar-refractivity contribution in [2.75, 3.05) is 11.9 Å². The first-order valence-corrected chi connectivity index (χ1v) is 9.95. The molecule has 3 nitrogen and oxygen atoms in total. The van der Waals surface area contributed by atoms with Gasteiger partial charge < -0.3 is 9.64 Å². The van der Waals surface area contributed by atoms with E-state index in [1.165, 1.54) is 0 Å². The van der Waals surface area contributed by atoms with E-state index in [2.05, 4.69) is 48.0 Å². The fourth-order valence-corrected chi connectivity index (χ4v) is 3.59. The summed E-state index contributed by atoms with van der Waals surface area (Å²) < 4.78 is 6.02. The number of hydrogen-bond donors (Lipinski definition) is 0. The molecule has 26 heavy (non-hydrogen) atoms. The van der Waals surface area contributed by atoms with E-state index in [-0.39, 0.29) is 17.4 Å². The van der Waals surface area contributed by atoms with E-state index in [4.69, 9.17) is 4.74 Å². The van der Waals surface area contributed by atoms with Crippen molar-refractivity contribution in [3.63, 3.8) is 0 Å². The molecule has 4 heteroatoms. The predicted octanol–water partition coefficient (Wildman–Crippen LogP) is 4.78. The van der Waals surface area contributed by atoms with Gasteiger partial charge in [-0.3, -0.25) is 4.79 Å². The molecule has 2 aromatic rings. The minimum absolute atomic E-state index is 0.0232. The molecule has 1 heterocycles. The summed E-state index contributed by atoms with van der Waals surface area (Å²) in [6.45, 7) is 4.91. The number of carbonyl (C=O) groups is 1. The first-order chi connectivity index (χ1) is 12.5. The van der Waals surface area contributed by atoms with Crippen molar-refractivity contribution in [1.29, 1.82) is 0 Å². The normalized spacial score (nSPS) is 20.3. The van der Waals surface area contributed by atoms with E-state index >= 15 is 0 Å². The van der Waals surface area contributed by atoms with Crippen LogP contribution >= 0.6 is 15.9 Å². The van der Waals surface area contributed by atoms with Gasteiger partial charge in [-0.1, -0.05) is 90.5 Å². The molecule has 1 aliphatic rings. The highest BCUT2D eigenvalue weighted by molar-refractivity contribution is 9.09. The van der Waals surface area contributed by atoms with E-state index in [0.717, 1.165) is 16.6 Å². The third-order valence-corrected chi connectivity index (χ3v) is 6.16. The first kappa shape index (κ1) is 18.7. The van der Waals surface area contributed by atoms with Crippen molar-refractivity contribution < 1.29 is 9.53 Å². The van der Waals surface area contributed by atoms with Gasteiger partial charge in [-0.05, 0) is 23.1 Å². The summed E-state index contributed by atoms with van der Waals surface area (Å²) in [5.74, 6) is 0.784.